The summed E-state index contributed by atoms with van der Waals surface area (Å²) in [4.78, 5) is 16.3. The van der Waals surface area contributed by atoms with Gasteiger partial charge in [-0.2, -0.15) is 0 Å². The lowest BCUT2D eigenvalue weighted by Crippen LogP contribution is -2.26. The fourth-order valence-corrected chi connectivity index (χ4v) is 2.80. The highest BCUT2D eigenvalue weighted by Crippen LogP contribution is 2.19. The van der Waals surface area contributed by atoms with Crippen molar-refractivity contribution in [1.82, 2.24) is 20.0 Å². The molecule has 7 heteroatoms. The molecule has 0 saturated heterocycles. The van der Waals surface area contributed by atoms with Crippen LogP contribution in [0.1, 0.15) is 10.5 Å². The van der Waals surface area contributed by atoms with Gasteiger partial charge in [0.05, 0.1) is 0 Å². The van der Waals surface area contributed by atoms with Gasteiger partial charge in [-0.05, 0) is 0 Å². The van der Waals surface area contributed by atoms with Crippen molar-refractivity contribution in [2.24, 2.45) is 7.05 Å². The van der Waals surface area contributed by atoms with E-state index in [9.17, 15) is 4.79 Å². The molecule has 2 aromatic heterocycles. The van der Waals surface area contributed by atoms with E-state index in [-0.39, 0.29) is 11.6 Å². The van der Waals surface area contributed by atoms with Crippen molar-refractivity contribution in [2.75, 3.05) is 12.3 Å². The molecule has 0 aliphatic rings. The van der Waals surface area contributed by atoms with Crippen LogP contribution < -0.4 is 5.32 Å². The first-order valence-electron chi connectivity index (χ1n) is 7.14. The molecule has 0 aliphatic carbocycles. The summed E-state index contributed by atoms with van der Waals surface area (Å²) in [7, 11) is 1.94. The van der Waals surface area contributed by atoms with Crippen molar-refractivity contribution in [1.29, 1.82) is 0 Å². The standard InChI is InChI=1S/C16H16N4O2S/c1-20-9-7-18-16(20)23-10-8-17-15(21)13-11-14(22-19-13)12-5-3-2-4-6-12/h2-7,9,11H,8,10H2,1H3,(H,17,21). The number of imidazole rings is 1. The van der Waals surface area contributed by atoms with Crippen LogP contribution >= 0.6 is 11.8 Å². The molecule has 0 radical (unpaired) electrons. The number of thioether (sulfide) groups is 1. The van der Waals surface area contributed by atoms with Gasteiger partial charge in [-0.1, -0.05) is 47.3 Å². The van der Waals surface area contributed by atoms with Gasteiger partial charge in [-0.3, -0.25) is 4.79 Å². The van der Waals surface area contributed by atoms with Crippen LogP contribution in [-0.4, -0.2) is 32.9 Å². The normalized spacial score (nSPS) is 10.7. The Balaban J connectivity index is 1.51. The van der Waals surface area contributed by atoms with Crippen LogP contribution in [0.3, 0.4) is 0 Å². The first kappa shape index (κ1) is 15.4. The third kappa shape index (κ3) is 3.81. The van der Waals surface area contributed by atoms with Crippen molar-refractivity contribution in [3.05, 3.63) is 54.5 Å². The maximum Gasteiger partial charge on any atom is 0.273 e. The zero-order valence-corrected chi connectivity index (χ0v) is 13.4. The predicted molar refractivity (Wildman–Crippen MR) is 88.2 cm³/mol. The Morgan fingerprint density at radius 3 is 2.91 bits per heavy atom. The number of hydrogen-bond acceptors (Lipinski definition) is 5. The maximum absolute atomic E-state index is 12.1. The zero-order chi connectivity index (χ0) is 16.1. The van der Waals surface area contributed by atoms with Gasteiger partial charge in [0, 0.05) is 43.4 Å². The second-order valence-corrected chi connectivity index (χ2v) is 5.93. The molecule has 0 aliphatic heterocycles. The Bertz CT molecular complexity index is 782. The van der Waals surface area contributed by atoms with Gasteiger partial charge in [0.1, 0.15) is 0 Å². The summed E-state index contributed by atoms with van der Waals surface area (Å²) in [5.41, 5.74) is 1.18. The van der Waals surface area contributed by atoms with Crippen LogP contribution in [0.25, 0.3) is 11.3 Å². The molecule has 0 atom stereocenters. The minimum absolute atomic E-state index is 0.239. The molecule has 118 valence electrons. The van der Waals surface area contributed by atoms with Gasteiger partial charge in [-0.15, -0.1) is 0 Å². The maximum atomic E-state index is 12.1. The number of amides is 1. The van der Waals surface area contributed by atoms with Gasteiger partial charge in [0.2, 0.25) is 0 Å². The van der Waals surface area contributed by atoms with Crippen LogP contribution in [0.5, 0.6) is 0 Å². The van der Waals surface area contributed by atoms with E-state index in [4.69, 9.17) is 4.52 Å². The van der Waals surface area contributed by atoms with Crippen molar-refractivity contribution >= 4 is 17.7 Å². The van der Waals surface area contributed by atoms with Gasteiger partial charge in [0.25, 0.3) is 5.91 Å². The van der Waals surface area contributed by atoms with Crippen LogP contribution in [-0.2, 0) is 7.05 Å². The molecule has 1 N–H and O–H groups in total. The molecule has 0 unspecified atom stereocenters. The van der Waals surface area contributed by atoms with E-state index in [0.29, 0.717) is 12.3 Å². The van der Waals surface area contributed by atoms with E-state index in [0.717, 1.165) is 16.5 Å². The molecule has 1 amide bonds. The summed E-state index contributed by atoms with van der Waals surface area (Å²) >= 11 is 1.59. The van der Waals surface area contributed by atoms with Gasteiger partial charge < -0.3 is 14.4 Å². The van der Waals surface area contributed by atoms with Gasteiger partial charge in [0.15, 0.2) is 16.6 Å². The smallest absolute Gasteiger partial charge is 0.273 e. The fraction of sp³-hybridized carbons (Fsp3) is 0.188. The first-order valence-corrected chi connectivity index (χ1v) is 8.13. The highest BCUT2D eigenvalue weighted by atomic mass is 32.2. The monoisotopic (exact) mass is 328 g/mol. The minimum atomic E-state index is -0.239. The summed E-state index contributed by atoms with van der Waals surface area (Å²) in [5.74, 6) is 1.08. The largest absolute Gasteiger partial charge is 0.355 e. The molecular formula is C16H16N4O2S. The Labute approximate surface area is 137 Å². The van der Waals surface area contributed by atoms with Crippen LogP contribution in [0.4, 0.5) is 0 Å². The molecular weight excluding hydrogens is 312 g/mol. The topological polar surface area (TPSA) is 73.0 Å². The SMILES string of the molecule is Cn1ccnc1SCCNC(=O)c1cc(-c2ccccc2)on1. The number of aryl methyl sites for hydroxylation is 1. The summed E-state index contributed by atoms with van der Waals surface area (Å²) < 4.78 is 7.16. The van der Waals surface area contributed by atoms with Crippen molar-refractivity contribution < 1.29 is 9.32 Å². The minimum Gasteiger partial charge on any atom is -0.355 e. The number of aromatic nitrogens is 3. The third-order valence-electron chi connectivity index (χ3n) is 3.20. The Morgan fingerprint density at radius 2 is 2.17 bits per heavy atom. The second kappa shape index (κ2) is 7.15. The first-order chi connectivity index (χ1) is 11.2. The van der Waals surface area contributed by atoms with E-state index in [2.05, 4.69) is 15.5 Å². The summed E-state index contributed by atoms with van der Waals surface area (Å²) in [5, 5.41) is 7.57. The highest BCUT2D eigenvalue weighted by molar-refractivity contribution is 7.99. The number of nitrogens with zero attached hydrogens (tertiary/aromatic N) is 3. The summed E-state index contributed by atoms with van der Waals surface area (Å²) in [6.07, 6.45) is 3.64. The molecule has 3 aromatic rings. The van der Waals surface area contributed by atoms with Gasteiger partial charge >= 0.3 is 0 Å². The molecule has 0 spiro atoms. The average molecular weight is 328 g/mol. The van der Waals surface area contributed by atoms with Crippen LogP contribution in [0.15, 0.2) is 58.5 Å². The lowest BCUT2D eigenvalue weighted by atomic mass is 10.1. The Kier molecular flexibility index (Phi) is 4.77. The molecule has 3 rings (SSSR count). The predicted octanol–water partition coefficient (Wildman–Crippen LogP) is 2.60. The van der Waals surface area contributed by atoms with E-state index >= 15 is 0 Å². The number of nitrogens with one attached hydrogen (secondary N) is 1. The lowest BCUT2D eigenvalue weighted by molar-refractivity contribution is 0.0947. The van der Waals surface area contributed by atoms with E-state index in [1.165, 1.54) is 0 Å². The number of carbonyl (C=O) groups is 1. The number of rotatable bonds is 6. The second-order valence-electron chi connectivity index (χ2n) is 4.87. The molecule has 23 heavy (non-hydrogen) atoms. The third-order valence-corrected chi connectivity index (χ3v) is 4.26. The highest BCUT2D eigenvalue weighted by Gasteiger charge is 2.13. The molecule has 0 saturated carbocycles. The van der Waals surface area contributed by atoms with Crippen molar-refractivity contribution in [3.63, 3.8) is 0 Å². The summed E-state index contributed by atoms with van der Waals surface area (Å²) in [6, 6.07) is 11.2. The lowest BCUT2D eigenvalue weighted by Gasteiger charge is -2.03. The van der Waals surface area contributed by atoms with Crippen molar-refractivity contribution in [2.45, 2.75) is 5.16 Å². The van der Waals surface area contributed by atoms with Crippen LogP contribution in [0.2, 0.25) is 0 Å². The zero-order valence-electron chi connectivity index (χ0n) is 12.6. The molecule has 1 aromatic carbocycles. The summed E-state index contributed by atoms with van der Waals surface area (Å²) in [6.45, 7) is 0.532. The Morgan fingerprint density at radius 1 is 1.35 bits per heavy atom. The molecule has 6 nitrogen and oxygen atoms in total. The van der Waals surface area contributed by atoms with Crippen molar-refractivity contribution in [3.8, 4) is 11.3 Å². The Hall–Kier alpha value is -2.54. The number of benzene rings is 1. The number of hydrogen-bond donors (Lipinski definition) is 1. The van der Waals surface area contributed by atoms with E-state index in [1.807, 2.05) is 48.1 Å². The van der Waals surface area contributed by atoms with Crippen LogP contribution in [0, 0.1) is 0 Å². The molecule has 0 bridgehead atoms. The van der Waals surface area contributed by atoms with E-state index < -0.39 is 0 Å². The molecule has 0 fully saturated rings. The quantitative estimate of drug-likeness (QED) is 0.556. The fourth-order valence-electron chi connectivity index (χ4n) is 2.01. The van der Waals surface area contributed by atoms with Gasteiger partial charge in [-0.25, -0.2) is 4.98 Å². The average Bonchev–Trinajstić information content (AvgIpc) is 3.22. The van der Waals surface area contributed by atoms with E-state index in [1.54, 1.807) is 24.0 Å². The number of carbonyl (C=O) groups excluding carboxylic acids is 1. The molecule has 2 heterocycles.